The van der Waals surface area contributed by atoms with Gasteiger partial charge in [-0.25, -0.2) is 8.42 Å². The van der Waals surface area contributed by atoms with Crippen LogP contribution in [0.5, 0.6) is 0 Å². The average molecular weight is 367 g/mol. The summed E-state index contributed by atoms with van der Waals surface area (Å²) < 4.78 is 23.3. The topological polar surface area (TPSA) is 87.7 Å². The molecule has 0 aliphatic carbocycles. The molecule has 0 bridgehead atoms. The molecule has 1 aromatic rings. The second-order valence-electron chi connectivity index (χ2n) is 6.28. The van der Waals surface area contributed by atoms with Gasteiger partial charge < -0.3 is 9.80 Å². The number of carbonyl (C=O) groups excluding carboxylic acids is 2. The van der Waals surface area contributed by atoms with Crippen molar-refractivity contribution in [2.75, 3.05) is 24.6 Å². The van der Waals surface area contributed by atoms with Gasteiger partial charge in [0.05, 0.1) is 11.5 Å². The van der Waals surface area contributed by atoms with Gasteiger partial charge in [-0.1, -0.05) is 0 Å². The summed E-state index contributed by atoms with van der Waals surface area (Å²) in [6, 6.07) is 3.42. The number of carbonyl (C=O) groups is 2. The Morgan fingerprint density at radius 3 is 2.48 bits per heavy atom. The van der Waals surface area contributed by atoms with Crippen molar-refractivity contribution < 1.29 is 18.0 Å². The van der Waals surface area contributed by atoms with Crippen LogP contribution in [-0.4, -0.2) is 65.7 Å². The zero-order valence-corrected chi connectivity index (χ0v) is 15.5. The molecule has 0 radical (unpaired) electrons. The van der Waals surface area contributed by atoms with Crippen molar-refractivity contribution >= 4 is 21.7 Å². The summed E-state index contributed by atoms with van der Waals surface area (Å²) in [5, 5.41) is 0. The van der Waals surface area contributed by atoms with Crippen LogP contribution in [0.1, 0.15) is 32.3 Å². The van der Waals surface area contributed by atoms with Gasteiger partial charge in [0.2, 0.25) is 11.8 Å². The van der Waals surface area contributed by atoms with Crippen LogP contribution in [0.4, 0.5) is 0 Å². The lowest BCUT2D eigenvalue weighted by Crippen LogP contribution is -2.42. The minimum Gasteiger partial charge on any atom is -0.339 e. The number of nitrogens with zero attached hydrogens (tertiary/aromatic N) is 3. The number of hydrogen-bond donors (Lipinski definition) is 0. The summed E-state index contributed by atoms with van der Waals surface area (Å²) in [6.45, 7) is 4.54. The predicted molar refractivity (Wildman–Crippen MR) is 94.4 cm³/mol. The van der Waals surface area contributed by atoms with E-state index in [9.17, 15) is 18.0 Å². The van der Waals surface area contributed by atoms with Crippen LogP contribution in [0.3, 0.4) is 0 Å². The van der Waals surface area contributed by atoms with Crippen LogP contribution >= 0.6 is 0 Å². The molecule has 25 heavy (non-hydrogen) atoms. The van der Waals surface area contributed by atoms with E-state index in [1.54, 1.807) is 22.2 Å². The lowest BCUT2D eigenvalue weighted by molar-refractivity contribution is -0.134. The number of amides is 2. The number of hydrogen-bond acceptors (Lipinski definition) is 5. The van der Waals surface area contributed by atoms with Gasteiger partial charge in [-0.2, -0.15) is 0 Å². The molecule has 1 saturated heterocycles. The third kappa shape index (κ3) is 5.52. The molecule has 1 fully saturated rings. The summed E-state index contributed by atoms with van der Waals surface area (Å²) in [7, 11) is -3.03. The molecule has 0 N–H and O–H groups in total. The van der Waals surface area contributed by atoms with E-state index in [-0.39, 0.29) is 35.8 Å². The molecular formula is C17H25N3O4S. The summed E-state index contributed by atoms with van der Waals surface area (Å²) in [6.07, 6.45) is 4.01. The monoisotopic (exact) mass is 367 g/mol. The molecule has 1 atom stereocenters. The number of aromatic nitrogens is 1. The first-order valence-corrected chi connectivity index (χ1v) is 10.3. The summed E-state index contributed by atoms with van der Waals surface area (Å²) in [5.74, 6) is -0.0232. The molecule has 0 saturated carbocycles. The molecular weight excluding hydrogens is 342 g/mol. The first-order valence-electron chi connectivity index (χ1n) is 8.46. The average Bonchev–Trinajstić information content (AvgIpc) is 2.92. The van der Waals surface area contributed by atoms with Crippen LogP contribution in [-0.2, 0) is 26.0 Å². The second kappa shape index (κ2) is 8.42. The number of sulfone groups is 1. The minimum absolute atomic E-state index is 0.0417. The van der Waals surface area contributed by atoms with E-state index < -0.39 is 9.84 Å². The molecule has 1 aliphatic heterocycles. The summed E-state index contributed by atoms with van der Waals surface area (Å²) in [5.41, 5.74) is 0.951. The van der Waals surface area contributed by atoms with Gasteiger partial charge in [0, 0.05) is 51.4 Å². The molecule has 7 nitrogen and oxygen atoms in total. The largest absolute Gasteiger partial charge is 0.339 e. The lowest BCUT2D eigenvalue weighted by Gasteiger charge is -2.28. The van der Waals surface area contributed by atoms with Gasteiger partial charge in [-0.3, -0.25) is 14.6 Å². The van der Waals surface area contributed by atoms with E-state index >= 15 is 0 Å². The number of pyridine rings is 1. The molecule has 1 unspecified atom stereocenters. The summed E-state index contributed by atoms with van der Waals surface area (Å²) in [4.78, 5) is 31.6. The standard InChI is InChI=1S/C17H25N3O4S/c1-3-20(16-7-11-25(23,24)13-16)17(22)6-10-19(14(2)21)12-15-4-8-18-9-5-15/h4-5,8-9,16H,3,6-7,10-13H2,1-2H3. The minimum atomic E-state index is -3.03. The quantitative estimate of drug-likeness (QED) is 0.713. The molecule has 2 amide bonds. The zero-order valence-electron chi connectivity index (χ0n) is 14.7. The van der Waals surface area contributed by atoms with Gasteiger partial charge in [-0.05, 0) is 31.0 Å². The Bertz CT molecular complexity index is 706. The molecule has 1 aromatic heterocycles. The van der Waals surface area contributed by atoms with Crippen molar-refractivity contribution in [2.24, 2.45) is 0 Å². The highest BCUT2D eigenvalue weighted by atomic mass is 32.2. The van der Waals surface area contributed by atoms with Gasteiger partial charge in [0.1, 0.15) is 0 Å². The second-order valence-corrected chi connectivity index (χ2v) is 8.51. The van der Waals surface area contributed by atoms with E-state index in [1.165, 1.54) is 6.92 Å². The first kappa shape index (κ1) is 19.4. The fourth-order valence-electron chi connectivity index (χ4n) is 3.09. The van der Waals surface area contributed by atoms with Crippen molar-refractivity contribution in [1.82, 2.24) is 14.8 Å². The van der Waals surface area contributed by atoms with E-state index in [0.717, 1.165) is 5.56 Å². The highest BCUT2D eigenvalue weighted by molar-refractivity contribution is 7.91. The Balaban J connectivity index is 1.94. The van der Waals surface area contributed by atoms with Crippen molar-refractivity contribution in [2.45, 2.75) is 39.3 Å². The molecule has 2 heterocycles. The first-order chi connectivity index (χ1) is 11.8. The fraction of sp³-hybridized carbons (Fsp3) is 0.588. The maximum atomic E-state index is 12.5. The third-order valence-electron chi connectivity index (χ3n) is 4.47. The van der Waals surface area contributed by atoms with Crippen LogP contribution in [0.25, 0.3) is 0 Å². The highest BCUT2D eigenvalue weighted by Crippen LogP contribution is 2.18. The third-order valence-corrected chi connectivity index (χ3v) is 6.22. The Labute approximate surface area is 148 Å². The molecule has 138 valence electrons. The Kier molecular flexibility index (Phi) is 6.52. The van der Waals surface area contributed by atoms with Crippen LogP contribution in [0.15, 0.2) is 24.5 Å². The van der Waals surface area contributed by atoms with Crippen molar-refractivity contribution in [1.29, 1.82) is 0 Å². The van der Waals surface area contributed by atoms with E-state index in [0.29, 0.717) is 26.1 Å². The lowest BCUT2D eigenvalue weighted by atomic mass is 10.2. The van der Waals surface area contributed by atoms with E-state index in [2.05, 4.69) is 4.98 Å². The van der Waals surface area contributed by atoms with Crippen LogP contribution in [0.2, 0.25) is 0 Å². The van der Waals surface area contributed by atoms with Crippen LogP contribution in [0, 0.1) is 0 Å². The van der Waals surface area contributed by atoms with Gasteiger partial charge >= 0.3 is 0 Å². The Morgan fingerprint density at radius 1 is 1.28 bits per heavy atom. The molecule has 2 rings (SSSR count). The van der Waals surface area contributed by atoms with Crippen molar-refractivity contribution in [3.63, 3.8) is 0 Å². The maximum Gasteiger partial charge on any atom is 0.224 e. The normalized spacial score (nSPS) is 18.7. The smallest absolute Gasteiger partial charge is 0.224 e. The highest BCUT2D eigenvalue weighted by Gasteiger charge is 2.33. The number of rotatable bonds is 7. The molecule has 1 aliphatic rings. The SMILES string of the molecule is CCN(C(=O)CCN(Cc1ccncc1)C(C)=O)C1CCS(=O)(=O)C1. The fourth-order valence-corrected chi connectivity index (χ4v) is 4.82. The van der Waals surface area contributed by atoms with Crippen molar-refractivity contribution in [3.8, 4) is 0 Å². The molecule has 8 heteroatoms. The van der Waals surface area contributed by atoms with Crippen LogP contribution < -0.4 is 0 Å². The Hall–Kier alpha value is -1.96. The molecule has 0 spiro atoms. The zero-order chi connectivity index (χ0) is 18.4. The van der Waals surface area contributed by atoms with Gasteiger partial charge in [0.15, 0.2) is 9.84 Å². The predicted octanol–water partition coefficient (Wildman–Crippen LogP) is 0.856. The van der Waals surface area contributed by atoms with E-state index in [4.69, 9.17) is 0 Å². The van der Waals surface area contributed by atoms with E-state index in [1.807, 2.05) is 19.1 Å². The van der Waals surface area contributed by atoms with Gasteiger partial charge in [0.25, 0.3) is 0 Å². The Morgan fingerprint density at radius 2 is 1.96 bits per heavy atom. The summed E-state index contributed by atoms with van der Waals surface area (Å²) >= 11 is 0. The maximum absolute atomic E-state index is 12.5. The van der Waals surface area contributed by atoms with Crippen molar-refractivity contribution in [3.05, 3.63) is 30.1 Å². The van der Waals surface area contributed by atoms with Gasteiger partial charge in [-0.15, -0.1) is 0 Å². The molecule has 0 aromatic carbocycles.